The Kier molecular flexibility index (Phi) is 5.78. The third-order valence-corrected chi connectivity index (χ3v) is 5.77. The first-order valence-electron chi connectivity index (χ1n) is 8.56. The molecule has 0 radical (unpaired) electrons. The lowest BCUT2D eigenvalue weighted by Crippen LogP contribution is -2.39. The molecule has 0 saturated carbocycles. The minimum atomic E-state index is -0.178. The molecule has 134 valence electrons. The number of benzene rings is 2. The Morgan fingerprint density at radius 1 is 1.15 bits per heavy atom. The fourth-order valence-corrected chi connectivity index (χ4v) is 4.22. The van der Waals surface area contributed by atoms with Crippen LogP contribution in [-0.2, 0) is 4.79 Å². The van der Waals surface area contributed by atoms with E-state index in [1.54, 1.807) is 31.3 Å². The Labute approximate surface area is 158 Å². The number of rotatable bonds is 4. The Balaban J connectivity index is 1.70. The van der Waals surface area contributed by atoms with E-state index in [2.05, 4.69) is 18.7 Å². The average molecular weight is 366 g/mol. The standard InChI is InChI=1S/C21H22N2O2S/c1-3-20(24)22(2)18-11-9-17(10-12-18)21(25)23-13-14-26-19(15-23)16-7-5-4-6-8-16/h3-12,19H,1,13-15H2,2H3. The molecule has 2 amide bonds. The molecule has 26 heavy (non-hydrogen) atoms. The van der Waals surface area contributed by atoms with E-state index < -0.39 is 0 Å². The zero-order valence-corrected chi connectivity index (χ0v) is 15.6. The van der Waals surface area contributed by atoms with Crippen molar-refractivity contribution in [1.29, 1.82) is 0 Å². The molecule has 1 saturated heterocycles. The van der Waals surface area contributed by atoms with Crippen LogP contribution in [0.4, 0.5) is 5.69 Å². The highest BCUT2D eigenvalue weighted by Crippen LogP contribution is 2.33. The van der Waals surface area contributed by atoms with Crippen molar-refractivity contribution < 1.29 is 9.59 Å². The minimum Gasteiger partial charge on any atom is -0.336 e. The van der Waals surface area contributed by atoms with Gasteiger partial charge in [-0.15, -0.1) is 0 Å². The lowest BCUT2D eigenvalue weighted by atomic mass is 10.1. The number of hydrogen-bond acceptors (Lipinski definition) is 3. The molecule has 2 aromatic rings. The van der Waals surface area contributed by atoms with E-state index in [0.29, 0.717) is 17.4 Å². The van der Waals surface area contributed by atoms with Gasteiger partial charge in [0.1, 0.15) is 0 Å². The van der Waals surface area contributed by atoms with E-state index in [1.165, 1.54) is 16.5 Å². The lowest BCUT2D eigenvalue weighted by Gasteiger charge is -2.32. The second kappa shape index (κ2) is 8.23. The van der Waals surface area contributed by atoms with Crippen LogP contribution in [0.15, 0.2) is 67.3 Å². The topological polar surface area (TPSA) is 40.6 Å². The Morgan fingerprint density at radius 3 is 2.50 bits per heavy atom. The summed E-state index contributed by atoms with van der Waals surface area (Å²) < 4.78 is 0. The third kappa shape index (κ3) is 3.99. The summed E-state index contributed by atoms with van der Waals surface area (Å²) in [7, 11) is 1.69. The fraction of sp³-hybridized carbons (Fsp3) is 0.238. The quantitative estimate of drug-likeness (QED) is 0.774. The molecule has 3 rings (SSSR count). The second-order valence-corrected chi connectivity index (χ2v) is 7.48. The average Bonchev–Trinajstić information content (AvgIpc) is 2.73. The zero-order chi connectivity index (χ0) is 18.5. The summed E-state index contributed by atoms with van der Waals surface area (Å²) in [6.45, 7) is 4.96. The highest BCUT2D eigenvalue weighted by atomic mass is 32.2. The molecule has 2 aromatic carbocycles. The van der Waals surface area contributed by atoms with Gasteiger partial charge in [-0.05, 0) is 35.9 Å². The summed E-state index contributed by atoms with van der Waals surface area (Å²) in [5.41, 5.74) is 2.64. The number of thioether (sulfide) groups is 1. The van der Waals surface area contributed by atoms with Crippen molar-refractivity contribution in [3.63, 3.8) is 0 Å². The number of hydrogen-bond donors (Lipinski definition) is 0. The van der Waals surface area contributed by atoms with Crippen LogP contribution < -0.4 is 4.90 Å². The van der Waals surface area contributed by atoms with Gasteiger partial charge in [-0.25, -0.2) is 0 Å². The Bertz CT molecular complexity index is 789. The first kappa shape index (κ1) is 18.3. The molecule has 1 unspecified atom stereocenters. The largest absolute Gasteiger partial charge is 0.336 e. The number of nitrogens with zero attached hydrogens (tertiary/aromatic N) is 2. The summed E-state index contributed by atoms with van der Waals surface area (Å²) in [6, 6.07) is 17.5. The maximum atomic E-state index is 12.9. The van der Waals surface area contributed by atoms with Crippen molar-refractivity contribution in [3.05, 3.63) is 78.4 Å². The normalized spacial score (nSPS) is 16.8. The van der Waals surface area contributed by atoms with Gasteiger partial charge in [0, 0.05) is 42.4 Å². The summed E-state index contributed by atoms with van der Waals surface area (Å²) in [4.78, 5) is 28.0. The van der Waals surface area contributed by atoms with Crippen molar-refractivity contribution in [2.75, 3.05) is 30.8 Å². The summed E-state index contributed by atoms with van der Waals surface area (Å²) in [6.07, 6.45) is 1.27. The van der Waals surface area contributed by atoms with Gasteiger partial charge in [-0.3, -0.25) is 9.59 Å². The molecule has 1 atom stereocenters. The smallest absolute Gasteiger partial charge is 0.253 e. The van der Waals surface area contributed by atoms with Gasteiger partial charge in [0.15, 0.2) is 0 Å². The van der Waals surface area contributed by atoms with Crippen LogP contribution >= 0.6 is 11.8 Å². The molecule has 1 aliphatic rings. The molecule has 0 N–H and O–H groups in total. The maximum absolute atomic E-state index is 12.9. The summed E-state index contributed by atoms with van der Waals surface area (Å²) in [5.74, 6) is 0.790. The Hall–Kier alpha value is -2.53. The van der Waals surface area contributed by atoms with Gasteiger partial charge in [0.2, 0.25) is 5.91 Å². The van der Waals surface area contributed by atoms with Gasteiger partial charge in [-0.1, -0.05) is 36.9 Å². The van der Waals surface area contributed by atoms with Crippen LogP contribution in [0.2, 0.25) is 0 Å². The molecule has 1 fully saturated rings. The van der Waals surface area contributed by atoms with E-state index in [-0.39, 0.29) is 11.8 Å². The van der Waals surface area contributed by atoms with Crippen LogP contribution in [0.1, 0.15) is 21.2 Å². The lowest BCUT2D eigenvalue weighted by molar-refractivity contribution is -0.113. The highest BCUT2D eigenvalue weighted by Gasteiger charge is 2.26. The molecule has 0 aliphatic carbocycles. The minimum absolute atomic E-state index is 0.0375. The first-order valence-corrected chi connectivity index (χ1v) is 9.61. The number of anilines is 1. The van der Waals surface area contributed by atoms with Gasteiger partial charge in [-0.2, -0.15) is 11.8 Å². The van der Waals surface area contributed by atoms with Crippen molar-refractivity contribution in [3.8, 4) is 0 Å². The molecule has 0 spiro atoms. The maximum Gasteiger partial charge on any atom is 0.253 e. The molecule has 1 heterocycles. The van der Waals surface area contributed by atoms with Gasteiger partial charge >= 0.3 is 0 Å². The zero-order valence-electron chi connectivity index (χ0n) is 14.8. The van der Waals surface area contributed by atoms with Crippen LogP contribution in [0.25, 0.3) is 0 Å². The first-order chi connectivity index (χ1) is 12.6. The van der Waals surface area contributed by atoms with E-state index in [1.807, 2.05) is 34.9 Å². The van der Waals surface area contributed by atoms with Crippen molar-refractivity contribution >= 4 is 29.3 Å². The SMILES string of the molecule is C=CC(=O)N(C)c1ccc(C(=O)N2CCSC(c3ccccc3)C2)cc1. The van der Waals surface area contributed by atoms with E-state index >= 15 is 0 Å². The predicted molar refractivity (Wildman–Crippen MR) is 108 cm³/mol. The molecular weight excluding hydrogens is 344 g/mol. The van der Waals surface area contributed by atoms with Gasteiger partial charge in [0.25, 0.3) is 5.91 Å². The van der Waals surface area contributed by atoms with E-state index in [0.717, 1.165) is 18.0 Å². The van der Waals surface area contributed by atoms with Crippen LogP contribution in [0, 0.1) is 0 Å². The monoisotopic (exact) mass is 366 g/mol. The van der Waals surface area contributed by atoms with Crippen LogP contribution in [0.5, 0.6) is 0 Å². The Morgan fingerprint density at radius 2 is 1.85 bits per heavy atom. The van der Waals surface area contributed by atoms with Crippen LogP contribution in [-0.4, -0.2) is 42.6 Å². The molecule has 4 nitrogen and oxygen atoms in total. The molecular formula is C21H22N2O2S. The fourth-order valence-electron chi connectivity index (χ4n) is 2.98. The molecule has 0 bridgehead atoms. The van der Waals surface area contributed by atoms with Gasteiger partial charge < -0.3 is 9.80 Å². The third-order valence-electron chi connectivity index (χ3n) is 4.53. The summed E-state index contributed by atoms with van der Waals surface area (Å²) in [5, 5.41) is 0.310. The van der Waals surface area contributed by atoms with Crippen molar-refractivity contribution in [2.24, 2.45) is 0 Å². The molecule has 5 heteroatoms. The van der Waals surface area contributed by atoms with E-state index in [9.17, 15) is 9.59 Å². The predicted octanol–water partition coefficient (Wildman–Crippen LogP) is 3.77. The number of likely N-dealkylation sites (N-methyl/N-ethyl adjacent to an activating group) is 1. The van der Waals surface area contributed by atoms with Crippen LogP contribution in [0.3, 0.4) is 0 Å². The van der Waals surface area contributed by atoms with E-state index in [4.69, 9.17) is 0 Å². The molecule has 1 aliphatic heterocycles. The van der Waals surface area contributed by atoms with Gasteiger partial charge in [0.05, 0.1) is 0 Å². The molecule has 0 aromatic heterocycles. The number of carbonyl (C=O) groups excluding carboxylic acids is 2. The number of carbonyl (C=O) groups is 2. The summed E-state index contributed by atoms with van der Waals surface area (Å²) >= 11 is 1.90. The van der Waals surface area contributed by atoms with Crippen molar-refractivity contribution in [1.82, 2.24) is 4.90 Å². The number of amides is 2. The highest BCUT2D eigenvalue weighted by molar-refractivity contribution is 7.99. The second-order valence-electron chi connectivity index (χ2n) is 6.17. The van der Waals surface area contributed by atoms with Crippen molar-refractivity contribution in [2.45, 2.75) is 5.25 Å².